The van der Waals surface area contributed by atoms with Crippen molar-refractivity contribution in [1.29, 1.82) is 0 Å². The number of aromatic nitrogens is 2. The van der Waals surface area contributed by atoms with Crippen molar-refractivity contribution >= 4 is 23.2 Å². The number of benzene rings is 1. The van der Waals surface area contributed by atoms with E-state index in [2.05, 4.69) is 30.6 Å². The van der Waals surface area contributed by atoms with Crippen molar-refractivity contribution in [1.82, 2.24) is 15.1 Å². The molecule has 11 nitrogen and oxygen atoms in total. The zero-order valence-electron chi connectivity index (χ0n) is 21.3. The lowest BCUT2D eigenvalue weighted by atomic mass is 9.95. The number of hydrogen-bond acceptors (Lipinski definition) is 10. The second kappa shape index (κ2) is 12.6. The SMILES string of the molecule is COc1cc(NC(=O)C2CCN(c3ccc(NCCN4CCOCC4)nn3)CC2)cc(OC)c1OC. The van der Waals surface area contributed by atoms with Gasteiger partial charge in [0.05, 0.1) is 34.5 Å². The van der Waals surface area contributed by atoms with E-state index in [1.54, 1.807) is 33.5 Å². The van der Waals surface area contributed by atoms with Gasteiger partial charge in [0.25, 0.3) is 0 Å². The molecular formula is C25H36N6O5. The van der Waals surface area contributed by atoms with Crippen molar-refractivity contribution in [3.8, 4) is 17.2 Å². The summed E-state index contributed by atoms with van der Waals surface area (Å²) in [5.74, 6) is 2.98. The second-order valence-electron chi connectivity index (χ2n) is 8.82. The Balaban J connectivity index is 1.25. The molecule has 0 saturated carbocycles. The summed E-state index contributed by atoms with van der Waals surface area (Å²) < 4.78 is 21.5. The molecule has 2 N–H and O–H groups in total. The van der Waals surface area contributed by atoms with Crippen LogP contribution in [0, 0.1) is 5.92 Å². The van der Waals surface area contributed by atoms with Crippen LogP contribution in [0.3, 0.4) is 0 Å². The maximum atomic E-state index is 12.9. The number of methoxy groups -OCH3 is 3. The van der Waals surface area contributed by atoms with Crippen LogP contribution in [0.15, 0.2) is 24.3 Å². The second-order valence-corrected chi connectivity index (χ2v) is 8.82. The number of nitrogens with zero attached hydrogens (tertiary/aromatic N) is 4. The summed E-state index contributed by atoms with van der Waals surface area (Å²) in [6.07, 6.45) is 1.47. The first-order valence-corrected chi connectivity index (χ1v) is 12.3. The standard InChI is InChI=1S/C25H36N6O5/c1-33-20-16-19(17-21(34-2)24(20)35-3)27-25(32)18-6-9-31(10-7-18)23-5-4-22(28-29-23)26-8-11-30-12-14-36-15-13-30/h4-5,16-18H,6-15H2,1-3H3,(H,26,28)(H,27,32). The summed E-state index contributed by atoms with van der Waals surface area (Å²) in [6.45, 7) is 6.82. The van der Waals surface area contributed by atoms with Crippen LogP contribution in [0.2, 0.25) is 0 Å². The summed E-state index contributed by atoms with van der Waals surface area (Å²) in [4.78, 5) is 17.5. The normalized spacial score (nSPS) is 16.9. The lowest BCUT2D eigenvalue weighted by molar-refractivity contribution is -0.120. The maximum absolute atomic E-state index is 12.9. The number of carbonyl (C=O) groups excluding carboxylic acids is 1. The number of nitrogens with one attached hydrogen (secondary N) is 2. The molecule has 0 bridgehead atoms. The molecule has 2 aliphatic rings. The van der Waals surface area contributed by atoms with Crippen molar-refractivity contribution in [2.24, 2.45) is 5.92 Å². The van der Waals surface area contributed by atoms with Gasteiger partial charge in [-0.2, -0.15) is 0 Å². The Morgan fingerprint density at radius 2 is 1.69 bits per heavy atom. The molecule has 11 heteroatoms. The van der Waals surface area contributed by atoms with Crippen LogP contribution in [0.4, 0.5) is 17.3 Å². The quantitative estimate of drug-likeness (QED) is 0.503. The van der Waals surface area contributed by atoms with Gasteiger partial charge in [-0.25, -0.2) is 0 Å². The molecule has 4 rings (SSSR count). The highest BCUT2D eigenvalue weighted by Crippen LogP contribution is 2.40. The smallest absolute Gasteiger partial charge is 0.227 e. The number of piperidine rings is 1. The Morgan fingerprint density at radius 3 is 2.28 bits per heavy atom. The van der Waals surface area contributed by atoms with Gasteiger partial charge in [-0.3, -0.25) is 9.69 Å². The van der Waals surface area contributed by atoms with Crippen molar-refractivity contribution in [2.75, 3.05) is 89.3 Å². The average Bonchev–Trinajstić information content (AvgIpc) is 2.93. The first-order valence-electron chi connectivity index (χ1n) is 12.3. The molecule has 0 atom stereocenters. The van der Waals surface area contributed by atoms with E-state index in [0.29, 0.717) is 22.9 Å². The minimum Gasteiger partial charge on any atom is -0.493 e. The fourth-order valence-corrected chi connectivity index (χ4v) is 4.52. The molecule has 0 aliphatic carbocycles. The Kier molecular flexibility index (Phi) is 9.01. The molecule has 2 saturated heterocycles. The molecule has 1 aromatic heterocycles. The van der Waals surface area contributed by atoms with E-state index >= 15 is 0 Å². The topological polar surface area (TPSA) is 110 Å². The van der Waals surface area contributed by atoms with Gasteiger partial charge >= 0.3 is 0 Å². The van der Waals surface area contributed by atoms with E-state index in [0.717, 1.165) is 77.0 Å². The van der Waals surface area contributed by atoms with Gasteiger partial charge in [-0.1, -0.05) is 0 Å². The van der Waals surface area contributed by atoms with E-state index in [1.807, 2.05) is 12.1 Å². The highest BCUT2D eigenvalue weighted by atomic mass is 16.5. The Morgan fingerprint density at radius 1 is 1.00 bits per heavy atom. The lowest BCUT2D eigenvalue weighted by Gasteiger charge is -2.32. The van der Waals surface area contributed by atoms with E-state index in [4.69, 9.17) is 18.9 Å². The van der Waals surface area contributed by atoms with Crippen LogP contribution in [-0.4, -0.2) is 94.8 Å². The third-order valence-corrected chi connectivity index (χ3v) is 6.61. The molecule has 1 aromatic carbocycles. The van der Waals surface area contributed by atoms with Gasteiger partial charge < -0.3 is 34.5 Å². The highest BCUT2D eigenvalue weighted by Gasteiger charge is 2.26. The first-order chi connectivity index (χ1) is 17.6. The minimum absolute atomic E-state index is 0.0187. The predicted molar refractivity (Wildman–Crippen MR) is 137 cm³/mol. The van der Waals surface area contributed by atoms with Gasteiger partial charge in [-0.15, -0.1) is 10.2 Å². The third-order valence-electron chi connectivity index (χ3n) is 6.61. The summed E-state index contributed by atoms with van der Waals surface area (Å²) in [5.41, 5.74) is 0.611. The van der Waals surface area contributed by atoms with Crippen LogP contribution in [0.25, 0.3) is 0 Å². The number of amides is 1. The fourth-order valence-electron chi connectivity index (χ4n) is 4.52. The van der Waals surface area contributed by atoms with Crippen molar-refractivity contribution in [2.45, 2.75) is 12.8 Å². The van der Waals surface area contributed by atoms with Crippen molar-refractivity contribution in [3.05, 3.63) is 24.3 Å². The lowest BCUT2D eigenvalue weighted by Crippen LogP contribution is -2.39. The predicted octanol–water partition coefficient (Wildman–Crippen LogP) is 2.10. The number of rotatable bonds is 10. The van der Waals surface area contributed by atoms with Crippen LogP contribution >= 0.6 is 0 Å². The molecule has 196 valence electrons. The molecular weight excluding hydrogens is 464 g/mol. The van der Waals surface area contributed by atoms with Gasteiger partial charge in [0, 0.05) is 63.0 Å². The number of hydrogen-bond donors (Lipinski definition) is 2. The van der Waals surface area contributed by atoms with Crippen molar-refractivity contribution < 1.29 is 23.7 Å². The Bertz CT molecular complexity index is 966. The van der Waals surface area contributed by atoms with Gasteiger partial charge in [0.15, 0.2) is 17.3 Å². The number of ether oxygens (including phenoxy) is 4. The highest BCUT2D eigenvalue weighted by molar-refractivity contribution is 5.93. The monoisotopic (exact) mass is 500 g/mol. The number of carbonyl (C=O) groups is 1. The first kappa shape index (κ1) is 25.8. The molecule has 1 amide bonds. The molecule has 2 fully saturated rings. The third kappa shape index (κ3) is 6.46. The number of anilines is 3. The minimum atomic E-state index is -0.0885. The zero-order chi connectivity index (χ0) is 25.3. The van der Waals surface area contributed by atoms with E-state index in [9.17, 15) is 4.79 Å². The van der Waals surface area contributed by atoms with E-state index in [-0.39, 0.29) is 11.8 Å². The van der Waals surface area contributed by atoms with Crippen LogP contribution in [-0.2, 0) is 9.53 Å². The summed E-state index contributed by atoms with van der Waals surface area (Å²) >= 11 is 0. The zero-order valence-corrected chi connectivity index (χ0v) is 21.3. The summed E-state index contributed by atoms with van der Waals surface area (Å²) in [5, 5.41) is 15.1. The molecule has 3 heterocycles. The molecule has 0 spiro atoms. The van der Waals surface area contributed by atoms with Gasteiger partial charge in [0.2, 0.25) is 11.7 Å². The summed E-state index contributed by atoms with van der Waals surface area (Å²) in [6, 6.07) is 7.42. The van der Waals surface area contributed by atoms with E-state index in [1.165, 1.54) is 0 Å². The maximum Gasteiger partial charge on any atom is 0.227 e. The molecule has 2 aromatic rings. The Hall–Kier alpha value is -3.31. The largest absolute Gasteiger partial charge is 0.493 e. The van der Waals surface area contributed by atoms with Gasteiger partial charge in [0.1, 0.15) is 5.82 Å². The van der Waals surface area contributed by atoms with E-state index < -0.39 is 0 Å². The van der Waals surface area contributed by atoms with Gasteiger partial charge in [-0.05, 0) is 25.0 Å². The Labute approximate surface area is 212 Å². The fraction of sp³-hybridized carbons (Fsp3) is 0.560. The summed E-state index contributed by atoms with van der Waals surface area (Å²) in [7, 11) is 4.65. The van der Waals surface area contributed by atoms with Crippen LogP contribution < -0.4 is 29.7 Å². The number of morpholine rings is 1. The molecule has 36 heavy (non-hydrogen) atoms. The van der Waals surface area contributed by atoms with Crippen molar-refractivity contribution in [3.63, 3.8) is 0 Å². The molecule has 0 unspecified atom stereocenters. The average molecular weight is 501 g/mol. The molecule has 2 aliphatic heterocycles. The molecule has 0 radical (unpaired) electrons. The van der Waals surface area contributed by atoms with Crippen LogP contribution in [0.5, 0.6) is 17.2 Å². The van der Waals surface area contributed by atoms with Crippen LogP contribution in [0.1, 0.15) is 12.8 Å².